The molecule has 112 valence electrons. The largest absolute Gasteiger partial charge is 0.353 e. The Morgan fingerprint density at radius 3 is 2.48 bits per heavy atom. The molecule has 0 aliphatic rings. The van der Waals surface area contributed by atoms with Gasteiger partial charge in [0.25, 0.3) is 5.91 Å². The van der Waals surface area contributed by atoms with E-state index in [-0.39, 0.29) is 17.8 Å². The number of likely N-dealkylation sites (N-methyl/N-ethyl adjacent to an activating group) is 1. The molecule has 1 atom stereocenters. The fraction of sp³-hybridized carbons (Fsp3) is 0.312. The predicted octanol–water partition coefficient (Wildman–Crippen LogP) is 2.20. The highest BCUT2D eigenvalue weighted by Gasteiger charge is 2.18. The maximum Gasteiger partial charge on any atom is 0.251 e. The van der Waals surface area contributed by atoms with E-state index in [1.165, 1.54) is 24.3 Å². The van der Waals surface area contributed by atoms with E-state index in [1.54, 1.807) is 0 Å². The number of aromatic nitrogens is 1. The van der Waals surface area contributed by atoms with Gasteiger partial charge in [-0.15, -0.1) is 0 Å². The Morgan fingerprint density at radius 2 is 1.95 bits per heavy atom. The van der Waals surface area contributed by atoms with Crippen LogP contribution in [0.5, 0.6) is 0 Å². The smallest absolute Gasteiger partial charge is 0.251 e. The summed E-state index contributed by atoms with van der Waals surface area (Å²) >= 11 is 0. The van der Waals surface area contributed by atoms with Crippen molar-refractivity contribution in [2.75, 3.05) is 20.6 Å². The Balaban J connectivity index is 2.04. The lowest BCUT2D eigenvalue weighted by molar-refractivity contribution is 0.0941. The molecule has 4 nitrogen and oxygen atoms in total. The van der Waals surface area contributed by atoms with Crippen LogP contribution in [0.15, 0.2) is 42.6 Å². The summed E-state index contributed by atoms with van der Waals surface area (Å²) in [5.41, 5.74) is 1.58. The summed E-state index contributed by atoms with van der Waals surface area (Å²) in [5, 5.41) is 2.90. The van der Waals surface area contributed by atoms with Crippen molar-refractivity contribution < 1.29 is 9.18 Å². The van der Waals surface area contributed by atoms with Crippen LogP contribution in [-0.4, -0.2) is 36.0 Å². The molecule has 1 N–H and O–H groups in total. The molecule has 21 heavy (non-hydrogen) atoms. The van der Waals surface area contributed by atoms with Gasteiger partial charge in [0, 0.05) is 31.0 Å². The second kappa shape index (κ2) is 6.54. The molecule has 0 spiro atoms. The Morgan fingerprint density at radius 1 is 1.29 bits per heavy atom. The van der Waals surface area contributed by atoms with Gasteiger partial charge < -0.3 is 9.88 Å². The molecule has 0 aliphatic carbocycles. The fourth-order valence-corrected chi connectivity index (χ4v) is 2.26. The SMILES string of the molecule is CN(C)C(CNC(=O)c1ccc(F)cc1)c1cccn1C. The van der Waals surface area contributed by atoms with Gasteiger partial charge in [-0.3, -0.25) is 9.69 Å². The summed E-state index contributed by atoms with van der Waals surface area (Å²) in [5.74, 6) is -0.544. The summed E-state index contributed by atoms with van der Waals surface area (Å²) < 4.78 is 14.9. The Bertz CT molecular complexity index is 604. The predicted molar refractivity (Wildman–Crippen MR) is 80.6 cm³/mol. The third-order valence-electron chi connectivity index (χ3n) is 3.51. The van der Waals surface area contributed by atoms with Crippen molar-refractivity contribution in [3.63, 3.8) is 0 Å². The van der Waals surface area contributed by atoms with Crippen molar-refractivity contribution >= 4 is 5.91 Å². The minimum atomic E-state index is -0.346. The van der Waals surface area contributed by atoms with Crippen LogP contribution in [0.25, 0.3) is 0 Å². The molecular weight excluding hydrogens is 269 g/mol. The lowest BCUT2D eigenvalue weighted by Crippen LogP contribution is -2.35. The maximum absolute atomic E-state index is 12.9. The van der Waals surface area contributed by atoms with Crippen molar-refractivity contribution in [2.24, 2.45) is 7.05 Å². The van der Waals surface area contributed by atoms with E-state index in [0.717, 1.165) is 5.69 Å². The minimum absolute atomic E-state index is 0.0781. The molecule has 0 saturated carbocycles. The standard InChI is InChI=1S/C16H20FN3O/c1-19(2)15(14-5-4-10-20(14)3)11-18-16(21)12-6-8-13(17)9-7-12/h4-10,15H,11H2,1-3H3,(H,18,21). The normalized spacial score (nSPS) is 12.4. The summed E-state index contributed by atoms with van der Waals surface area (Å²) in [6, 6.07) is 9.64. The third kappa shape index (κ3) is 3.70. The third-order valence-corrected chi connectivity index (χ3v) is 3.51. The van der Waals surface area contributed by atoms with Crippen molar-refractivity contribution in [3.8, 4) is 0 Å². The molecule has 1 heterocycles. The number of halogens is 1. The van der Waals surface area contributed by atoms with E-state index < -0.39 is 0 Å². The Hall–Kier alpha value is -2.14. The number of amides is 1. The second-order valence-electron chi connectivity index (χ2n) is 5.24. The maximum atomic E-state index is 12.9. The summed E-state index contributed by atoms with van der Waals surface area (Å²) in [4.78, 5) is 14.1. The van der Waals surface area contributed by atoms with Gasteiger partial charge in [-0.1, -0.05) is 0 Å². The highest BCUT2D eigenvalue weighted by Crippen LogP contribution is 2.17. The number of hydrogen-bond donors (Lipinski definition) is 1. The van der Waals surface area contributed by atoms with E-state index in [4.69, 9.17) is 0 Å². The van der Waals surface area contributed by atoms with Gasteiger partial charge in [0.1, 0.15) is 5.82 Å². The van der Waals surface area contributed by atoms with Crippen LogP contribution in [0.2, 0.25) is 0 Å². The zero-order valence-corrected chi connectivity index (χ0v) is 12.5. The lowest BCUT2D eigenvalue weighted by atomic mass is 10.1. The molecule has 0 saturated heterocycles. The van der Waals surface area contributed by atoms with Crippen LogP contribution in [-0.2, 0) is 7.05 Å². The molecule has 2 rings (SSSR count). The lowest BCUT2D eigenvalue weighted by Gasteiger charge is -2.25. The molecule has 0 radical (unpaired) electrons. The zero-order valence-electron chi connectivity index (χ0n) is 12.5. The van der Waals surface area contributed by atoms with Gasteiger partial charge in [-0.2, -0.15) is 0 Å². The molecule has 0 aliphatic heterocycles. The second-order valence-corrected chi connectivity index (χ2v) is 5.24. The van der Waals surface area contributed by atoms with E-state index in [0.29, 0.717) is 12.1 Å². The van der Waals surface area contributed by atoms with Gasteiger partial charge in [-0.25, -0.2) is 4.39 Å². The number of carbonyl (C=O) groups is 1. The molecule has 1 unspecified atom stereocenters. The fourth-order valence-electron chi connectivity index (χ4n) is 2.26. The number of carbonyl (C=O) groups excluding carboxylic acids is 1. The van der Waals surface area contributed by atoms with Crippen LogP contribution in [0.4, 0.5) is 4.39 Å². The first-order chi connectivity index (χ1) is 9.99. The first kappa shape index (κ1) is 15.3. The topological polar surface area (TPSA) is 37.3 Å². The van der Waals surface area contributed by atoms with Gasteiger partial charge in [-0.05, 0) is 50.5 Å². The van der Waals surface area contributed by atoms with E-state index >= 15 is 0 Å². The molecule has 0 fully saturated rings. The number of nitrogens with one attached hydrogen (secondary N) is 1. The van der Waals surface area contributed by atoms with Crippen LogP contribution in [0, 0.1) is 5.82 Å². The zero-order chi connectivity index (χ0) is 15.4. The van der Waals surface area contributed by atoms with Gasteiger partial charge in [0.15, 0.2) is 0 Å². The average Bonchev–Trinajstić information content (AvgIpc) is 2.85. The molecule has 1 aromatic heterocycles. The highest BCUT2D eigenvalue weighted by atomic mass is 19.1. The van der Waals surface area contributed by atoms with Crippen LogP contribution in [0.3, 0.4) is 0 Å². The van der Waals surface area contributed by atoms with Crippen molar-refractivity contribution in [3.05, 3.63) is 59.7 Å². The van der Waals surface area contributed by atoms with Crippen LogP contribution >= 0.6 is 0 Å². The molecule has 0 bridgehead atoms. The van der Waals surface area contributed by atoms with E-state index in [2.05, 4.69) is 10.2 Å². The number of rotatable bonds is 5. The van der Waals surface area contributed by atoms with Gasteiger partial charge in [0.2, 0.25) is 0 Å². The number of nitrogens with zero attached hydrogens (tertiary/aromatic N) is 2. The molecule has 1 amide bonds. The monoisotopic (exact) mass is 289 g/mol. The Kier molecular flexibility index (Phi) is 4.75. The minimum Gasteiger partial charge on any atom is -0.353 e. The first-order valence-electron chi connectivity index (χ1n) is 6.80. The Labute approximate surface area is 124 Å². The van der Waals surface area contributed by atoms with Crippen molar-refractivity contribution in [1.29, 1.82) is 0 Å². The molecule has 5 heteroatoms. The molecule has 2 aromatic rings. The summed E-state index contributed by atoms with van der Waals surface area (Å²) in [6.45, 7) is 0.487. The number of aryl methyl sites for hydroxylation is 1. The van der Waals surface area contributed by atoms with Crippen molar-refractivity contribution in [2.45, 2.75) is 6.04 Å². The first-order valence-corrected chi connectivity index (χ1v) is 6.80. The van der Waals surface area contributed by atoms with Gasteiger partial charge >= 0.3 is 0 Å². The van der Waals surface area contributed by atoms with E-state index in [9.17, 15) is 9.18 Å². The van der Waals surface area contributed by atoms with Gasteiger partial charge in [0.05, 0.1) is 6.04 Å². The quantitative estimate of drug-likeness (QED) is 0.916. The molecule has 1 aromatic carbocycles. The summed E-state index contributed by atoms with van der Waals surface area (Å²) in [7, 11) is 5.93. The molecular formula is C16H20FN3O. The van der Waals surface area contributed by atoms with Crippen molar-refractivity contribution in [1.82, 2.24) is 14.8 Å². The van der Waals surface area contributed by atoms with Crippen LogP contribution in [0.1, 0.15) is 22.1 Å². The van der Waals surface area contributed by atoms with E-state index in [1.807, 2.05) is 44.0 Å². The number of hydrogen-bond acceptors (Lipinski definition) is 2. The number of benzene rings is 1. The highest BCUT2D eigenvalue weighted by molar-refractivity contribution is 5.94. The summed E-state index contributed by atoms with van der Waals surface area (Å²) in [6.07, 6.45) is 1.98. The average molecular weight is 289 g/mol. The van der Waals surface area contributed by atoms with Crippen LogP contribution < -0.4 is 5.32 Å².